The van der Waals surface area contributed by atoms with Gasteiger partial charge in [-0.05, 0) is 0 Å². The van der Waals surface area contributed by atoms with Gasteiger partial charge in [0.15, 0.2) is 0 Å². The van der Waals surface area contributed by atoms with E-state index in [1.165, 1.54) is 6.92 Å². The zero-order valence-electron chi connectivity index (χ0n) is 3.72. The molecule has 0 aliphatic carbocycles. The molecule has 0 aromatic rings. The van der Waals surface area contributed by atoms with Crippen molar-refractivity contribution in [3.63, 3.8) is 0 Å². The molecule has 0 saturated carbocycles. The SMILES string of the molecule is CC(=O)O[S-].[K+]. The van der Waals surface area contributed by atoms with Crippen LogP contribution < -0.4 is 51.4 Å². The molecule has 0 heterocycles. The van der Waals surface area contributed by atoms with Gasteiger partial charge in [0.2, 0.25) is 0 Å². The summed E-state index contributed by atoms with van der Waals surface area (Å²) in [5, 5.41) is 0. The summed E-state index contributed by atoms with van der Waals surface area (Å²) >= 11 is 3.83. The molecule has 0 radical (unpaired) electrons. The molecule has 0 aromatic heterocycles. The number of hydrogen-bond acceptors (Lipinski definition) is 3. The molecular weight excluding hydrogens is 127 g/mol. The maximum atomic E-state index is 9.49. The molecule has 0 spiro atoms. The van der Waals surface area contributed by atoms with E-state index in [1.54, 1.807) is 0 Å². The van der Waals surface area contributed by atoms with Crippen LogP contribution in [-0.4, -0.2) is 5.97 Å². The van der Waals surface area contributed by atoms with Gasteiger partial charge in [-0.2, -0.15) is 0 Å². The van der Waals surface area contributed by atoms with Crippen molar-refractivity contribution in [3.05, 3.63) is 0 Å². The topological polar surface area (TPSA) is 26.3 Å². The van der Waals surface area contributed by atoms with Gasteiger partial charge in [-0.25, -0.2) is 0 Å². The molecule has 0 unspecified atom stereocenters. The van der Waals surface area contributed by atoms with Crippen LogP contribution in [0.5, 0.6) is 0 Å². The van der Waals surface area contributed by atoms with Gasteiger partial charge in [-0.15, -0.1) is 0 Å². The molecule has 4 heteroatoms. The van der Waals surface area contributed by atoms with E-state index in [2.05, 4.69) is 17.1 Å². The van der Waals surface area contributed by atoms with Crippen molar-refractivity contribution in [3.8, 4) is 0 Å². The zero-order chi connectivity index (χ0) is 4.28. The maximum Gasteiger partial charge on any atom is 1.00 e. The van der Waals surface area contributed by atoms with Crippen LogP contribution in [0.15, 0.2) is 0 Å². The molecule has 30 valence electrons. The van der Waals surface area contributed by atoms with Crippen LogP contribution >= 0.6 is 0 Å². The van der Waals surface area contributed by atoms with E-state index in [0.29, 0.717) is 0 Å². The van der Waals surface area contributed by atoms with Crippen LogP contribution in [0.25, 0.3) is 0 Å². The van der Waals surface area contributed by atoms with E-state index < -0.39 is 5.97 Å². The van der Waals surface area contributed by atoms with Crippen LogP contribution in [0.4, 0.5) is 0 Å². The third kappa shape index (κ3) is 9.07. The third-order valence-corrected chi connectivity index (χ3v) is 0.352. The Morgan fingerprint density at radius 2 is 2.00 bits per heavy atom. The normalized spacial score (nSPS) is 5.67. The molecule has 0 saturated heterocycles. The van der Waals surface area contributed by atoms with Crippen LogP contribution in [0, 0.1) is 0 Å². The summed E-state index contributed by atoms with van der Waals surface area (Å²) in [4.78, 5) is 9.49. The Morgan fingerprint density at radius 1 is 1.83 bits per heavy atom. The summed E-state index contributed by atoms with van der Waals surface area (Å²) in [5.41, 5.74) is 0. The van der Waals surface area contributed by atoms with Gasteiger partial charge < -0.3 is 17.1 Å². The summed E-state index contributed by atoms with van der Waals surface area (Å²) in [6.45, 7) is 1.26. The third-order valence-electron chi connectivity index (χ3n) is 0.117. The Morgan fingerprint density at radius 3 is 2.00 bits per heavy atom. The molecule has 2 nitrogen and oxygen atoms in total. The fourth-order valence-electron chi connectivity index (χ4n) is 0. The van der Waals surface area contributed by atoms with Gasteiger partial charge in [0, 0.05) is 6.92 Å². The minimum Gasteiger partial charge on any atom is -0.616 e. The Hall–Kier alpha value is 1.46. The van der Waals surface area contributed by atoms with Crippen molar-refractivity contribution in [2.24, 2.45) is 0 Å². The Kier molecular flexibility index (Phi) is 11.2. The second-order valence-electron chi connectivity index (χ2n) is 0.575. The van der Waals surface area contributed by atoms with E-state index in [9.17, 15) is 4.79 Å². The Labute approximate surface area is 84.7 Å². The molecular formula is C2H3KO2S. The van der Waals surface area contributed by atoms with Gasteiger partial charge in [0.25, 0.3) is 5.97 Å². The molecule has 0 amide bonds. The average Bonchev–Trinajstić information content (AvgIpc) is 1.38. The summed E-state index contributed by atoms with van der Waals surface area (Å²) in [6.07, 6.45) is 0. The van der Waals surface area contributed by atoms with Gasteiger partial charge in [-0.1, -0.05) is 0 Å². The minimum atomic E-state index is -0.431. The van der Waals surface area contributed by atoms with Crippen molar-refractivity contribution in [1.82, 2.24) is 0 Å². The molecule has 0 aliphatic heterocycles. The van der Waals surface area contributed by atoms with Gasteiger partial charge in [0.05, 0.1) is 0 Å². The standard InChI is InChI=1S/C2H4O2S.K/c1-2(3)4-5;/h5H,1H3;/q;+1/p-1. The van der Waals surface area contributed by atoms with Crippen molar-refractivity contribution in [2.45, 2.75) is 6.92 Å². The average molecular weight is 130 g/mol. The zero-order valence-corrected chi connectivity index (χ0v) is 7.66. The number of hydrogen-bond donors (Lipinski definition) is 0. The summed E-state index contributed by atoms with van der Waals surface area (Å²) in [5.74, 6) is -0.431. The molecule has 0 rings (SSSR count). The Bertz CT molecular complexity index is 46.8. The first-order valence-corrected chi connectivity index (χ1v) is 1.41. The fourth-order valence-corrected chi connectivity index (χ4v) is 0. The van der Waals surface area contributed by atoms with Gasteiger partial charge in [-0.3, -0.25) is 4.79 Å². The predicted molar refractivity (Wildman–Crippen MR) is 19.1 cm³/mol. The molecule has 0 aromatic carbocycles. The van der Waals surface area contributed by atoms with Crippen molar-refractivity contribution in [2.75, 3.05) is 0 Å². The van der Waals surface area contributed by atoms with Crippen LogP contribution in [0.2, 0.25) is 0 Å². The maximum absolute atomic E-state index is 9.49. The molecule has 0 bridgehead atoms. The van der Waals surface area contributed by atoms with Gasteiger partial charge >= 0.3 is 51.4 Å². The molecule has 0 atom stereocenters. The minimum absolute atomic E-state index is 0. The van der Waals surface area contributed by atoms with E-state index in [0.717, 1.165) is 0 Å². The van der Waals surface area contributed by atoms with Gasteiger partial charge in [0.1, 0.15) is 0 Å². The summed E-state index contributed by atoms with van der Waals surface area (Å²) < 4.78 is 3.69. The smallest absolute Gasteiger partial charge is 0.616 e. The van der Waals surface area contributed by atoms with E-state index >= 15 is 0 Å². The first-order chi connectivity index (χ1) is 2.27. The monoisotopic (exact) mass is 130 g/mol. The van der Waals surface area contributed by atoms with Crippen LogP contribution in [-0.2, 0) is 21.9 Å². The van der Waals surface area contributed by atoms with E-state index in [1.807, 2.05) is 0 Å². The van der Waals surface area contributed by atoms with Crippen molar-refractivity contribution >= 4 is 18.9 Å². The van der Waals surface area contributed by atoms with Crippen molar-refractivity contribution < 1.29 is 60.4 Å². The first kappa shape index (κ1) is 10.4. The quantitative estimate of drug-likeness (QED) is 0.258. The molecule has 6 heavy (non-hydrogen) atoms. The van der Waals surface area contributed by atoms with Crippen LogP contribution in [0.1, 0.15) is 6.92 Å². The largest absolute Gasteiger partial charge is 1.00 e. The molecule has 0 aliphatic rings. The second kappa shape index (κ2) is 6.46. The number of carbonyl (C=O) groups excluding carboxylic acids is 1. The van der Waals surface area contributed by atoms with E-state index in [-0.39, 0.29) is 51.4 Å². The Balaban J connectivity index is 0. The molecule has 0 fully saturated rings. The fraction of sp³-hybridized carbons (Fsp3) is 0.500. The number of carbonyl (C=O) groups is 1. The predicted octanol–water partition coefficient (Wildman–Crippen LogP) is -2.98. The van der Waals surface area contributed by atoms with E-state index in [4.69, 9.17) is 0 Å². The summed E-state index contributed by atoms with van der Waals surface area (Å²) in [6, 6.07) is 0. The number of rotatable bonds is 0. The summed E-state index contributed by atoms with van der Waals surface area (Å²) in [7, 11) is 0. The first-order valence-electron chi connectivity index (χ1n) is 1.07. The van der Waals surface area contributed by atoms with Crippen molar-refractivity contribution in [1.29, 1.82) is 0 Å². The van der Waals surface area contributed by atoms with Crippen LogP contribution in [0.3, 0.4) is 0 Å². The second-order valence-corrected chi connectivity index (χ2v) is 0.742. The molecule has 0 N–H and O–H groups in total.